The molecule has 0 fully saturated rings. The van der Waals surface area contributed by atoms with Gasteiger partial charge in [-0.2, -0.15) is 9.59 Å². The van der Waals surface area contributed by atoms with Gasteiger partial charge in [0.2, 0.25) is 0 Å². The van der Waals surface area contributed by atoms with Gasteiger partial charge in [-0.05, 0) is 0 Å². The molecule has 0 unspecified atom stereocenters. The molecule has 0 saturated heterocycles. The number of rotatable bonds is 0. The molecule has 0 rings (SSSR count). The normalized spacial score (nSPS) is 2.80. The van der Waals surface area contributed by atoms with Crippen molar-refractivity contribution in [3.05, 3.63) is 0 Å². The second kappa shape index (κ2) is 46.3. The summed E-state index contributed by atoms with van der Waals surface area (Å²) in [6.45, 7) is 0. The van der Waals surface area contributed by atoms with E-state index in [2.05, 4.69) is 0 Å². The van der Waals surface area contributed by atoms with Crippen LogP contribution in [0.25, 0.3) is 0 Å². The second-order valence-corrected chi connectivity index (χ2v) is 0.0833. The van der Waals surface area contributed by atoms with Crippen molar-refractivity contribution >= 4 is 6.15 Å². The molecular weight excluding hydrogens is 125 g/mol. The van der Waals surface area contributed by atoms with Crippen molar-refractivity contribution in [2.75, 3.05) is 0 Å². The van der Waals surface area contributed by atoms with Gasteiger partial charge in [0.15, 0.2) is 0 Å². The van der Waals surface area contributed by atoms with Crippen molar-refractivity contribution in [1.29, 1.82) is 0 Å². The van der Waals surface area contributed by atoms with Crippen LogP contribution in [0.2, 0.25) is 0 Å². The maximum absolute atomic E-state index is 8.38. The summed E-state index contributed by atoms with van der Waals surface area (Å²) in [7, 11) is 0. The zero-order valence-electron chi connectivity index (χ0n) is 2.43. The zero-order chi connectivity index (χ0) is 4.71. The third-order valence-corrected chi connectivity index (χ3v) is 0. The predicted molar refractivity (Wildman–Crippen MR) is 5.69 cm³/mol. The van der Waals surface area contributed by atoms with Gasteiger partial charge in [-0.1, -0.05) is 0 Å². The molecule has 0 spiro atoms. The van der Waals surface area contributed by atoms with Gasteiger partial charge in [-0.3, -0.25) is 0 Å². The fraction of sp³-hybridized carbons (Fsp3) is 0. The van der Waals surface area contributed by atoms with Crippen molar-refractivity contribution < 1.29 is 31.4 Å². The Balaban J connectivity index is 0. The van der Waals surface area contributed by atoms with Crippen LogP contribution in [0.5, 0.6) is 0 Å². The average Bonchev–Trinajstić information content (AvgIpc) is 1.46. The molecule has 0 aromatic carbocycles. The first-order valence-electron chi connectivity index (χ1n) is 0.697. The molecule has 0 aromatic rings. The Bertz CT molecular complexity index is 36.2. The Morgan fingerprint density at radius 3 is 1.20 bits per heavy atom. The van der Waals surface area contributed by atoms with E-state index in [0.717, 1.165) is 0 Å². The molecule has 0 N–H and O–H groups in total. The standard InChI is InChI=1S/CO2.O.Zn/c2-1-3;;. The third kappa shape index (κ3) is 320. The summed E-state index contributed by atoms with van der Waals surface area (Å²) < 4.78 is 8.38. The van der Waals surface area contributed by atoms with Gasteiger partial charge >= 0.3 is 28.0 Å². The minimum atomic E-state index is 0.125. The molecular formula is CO3Zn. The van der Waals surface area contributed by atoms with Gasteiger partial charge in [0.25, 0.3) is 0 Å². The Morgan fingerprint density at radius 2 is 1.20 bits per heavy atom. The van der Waals surface area contributed by atoms with Crippen LogP contribution < -0.4 is 0 Å². The van der Waals surface area contributed by atoms with Crippen molar-refractivity contribution in [3.8, 4) is 0 Å². The summed E-state index contributed by atoms with van der Waals surface area (Å²) in [6, 6.07) is 0. The molecule has 0 aliphatic heterocycles. The molecule has 0 atom stereocenters. The van der Waals surface area contributed by atoms with Crippen LogP contribution in [-0.2, 0) is 31.4 Å². The Kier molecular flexibility index (Phi) is 81.9. The minimum absolute atomic E-state index is 0.125. The van der Waals surface area contributed by atoms with E-state index in [1.165, 1.54) is 0 Å². The van der Waals surface area contributed by atoms with E-state index in [4.69, 9.17) is 13.2 Å². The molecule has 0 heterocycles. The number of hydrogen-bond acceptors (Lipinski definition) is 3. The number of hydrogen-bond donors (Lipinski definition) is 0. The van der Waals surface area contributed by atoms with Crippen LogP contribution in [0.3, 0.4) is 0 Å². The molecule has 0 aromatic heterocycles. The van der Waals surface area contributed by atoms with Gasteiger partial charge in [0.1, 0.15) is 0 Å². The fourth-order valence-corrected chi connectivity index (χ4v) is 0. The first-order valence-corrected chi connectivity index (χ1v) is 1.91. The van der Waals surface area contributed by atoms with E-state index in [1.54, 1.807) is 0 Å². The van der Waals surface area contributed by atoms with E-state index in [0.29, 0.717) is 0 Å². The maximum atomic E-state index is 8.38. The quantitative estimate of drug-likeness (QED) is 0.402. The van der Waals surface area contributed by atoms with E-state index >= 15 is 0 Å². The molecule has 0 bridgehead atoms. The molecule has 4 heteroatoms. The van der Waals surface area contributed by atoms with Crippen molar-refractivity contribution in [2.45, 2.75) is 0 Å². The summed E-state index contributed by atoms with van der Waals surface area (Å²) in [4.78, 5) is 16.2. The molecule has 0 aliphatic carbocycles. The van der Waals surface area contributed by atoms with Gasteiger partial charge in [-0.15, -0.1) is 0 Å². The monoisotopic (exact) mass is 124 g/mol. The summed E-state index contributed by atoms with van der Waals surface area (Å²) in [5.74, 6) is 0. The molecule has 3 nitrogen and oxygen atoms in total. The first-order chi connectivity index (χ1) is 2.41. The van der Waals surface area contributed by atoms with Crippen LogP contribution in [0.15, 0.2) is 0 Å². The van der Waals surface area contributed by atoms with Crippen LogP contribution in [0.1, 0.15) is 0 Å². The summed E-state index contributed by atoms with van der Waals surface area (Å²) in [5, 5.41) is 0. The van der Waals surface area contributed by atoms with Crippen LogP contribution in [-0.4, -0.2) is 6.15 Å². The zero-order valence-corrected chi connectivity index (χ0v) is 5.40. The Hall–Kier alpha value is -0.197. The number of carbonyl (C=O) groups excluding carboxylic acids is 2. The van der Waals surface area contributed by atoms with Gasteiger partial charge in [0.05, 0.1) is 0 Å². The summed E-state index contributed by atoms with van der Waals surface area (Å²) in [5.41, 5.74) is 0. The van der Waals surface area contributed by atoms with Gasteiger partial charge in [-0.25, -0.2) is 0 Å². The van der Waals surface area contributed by atoms with Crippen molar-refractivity contribution in [1.82, 2.24) is 0 Å². The molecule has 0 amide bonds. The summed E-state index contributed by atoms with van der Waals surface area (Å²) in [6.07, 6.45) is 0.250. The van der Waals surface area contributed by atoms with E-state index in [1.807, 2.05) is 0 Å². The molecule has 5 heavy (non-hydrogen) atoms. The van der Waals surface area contributed by atoms with Crippen LogP contribution >= 0.6 is 0 Å². The third-order valence-electron chi connectivity index (χ3n) is 0. The molecule has 0 aliphatic rings. The Morgan fingerprint density at radius 1 is 1.20 bits per heavy atom. The first kappa shape index (κ1) is 8.84. The van der Waals surface area contributed by atoms with Crippen LogP contribution in [0.4, 0.5) is 0 Å². The second-order valence-electron chi connectivity index (χ2n) is 0.0833. The molecule has 0 saturated carbocycles. The van der Waals surface area contributed by atoms with E-state index in [-0.39, 0.29) is 24.4 Å². The summed E-state index contributed by atoms with van der Waals surface area (Å²) >= 11 is 0.125. The van der Waals surface area contributed by atoms with E-state index < -0.39 is 0 Å². The van der Waals surface area contributed by atoms with Crippen molar-refractivity contribution in [2.24, 2.45) is 0 Å². The van der Waals surface area contributed by atoms with Crippen molar-refractivity contribution in [3.63, 3.8) is 0 Å². The molecule has 0 radical (unpaired) electrons. The topological polar surface area (TPSA) is 51.2 Å². The average molecular weight is 125 g/mol. The SMILES string of the molecule is O=C=O.[O]=[Zn]. The molecule has 24 valence electrons. The van der Waals surface area contributed by atoms with Crippen LogP contribution in [0, 0.1) is 0 Å². The van der Waals surface area contributed by atoms with E-state index in [9.17, 15) is 0 Å². The van der Waals surface area contributed by atoms with Gasteiger partial charge < -0.3 is 0 Å². The predicted octanol–water partition coefficient (Wildman–Crippen LogP) is -0.705. The fourth-order valence-electron chi connectivity index (χ4n) is 0. The Labute approximate surface area is 38.3 Å². The van der Waals surface area contributed by atoms with Gasteiger partial charge in [0, 0.05) is 0 Å².